The van der Waals surface area contributed by atoms with Gasteiger partial charge in [-0.2, -0.15) is 0 Å². The van der Waals surface area contributed by atoms with E-state index in [9.17, 15) is 8.42 Å². The maximum Gasteiger partial charge on any atom is 0.240 e. The molecule has 0 saturated carbocycles. The number of hydrogen-bond donors (Lipinski definition) is 2. The Kier molecular flexibility index (Phi) is 5.58. The summed E-state index contributed by atoms with van der Waals surface area (Å²) in [5, 5.41) is 9.16. The van der Waals surface area contributed by atoms with E-state index >= 15 is 0 Å². The van der Waals surface area contributed by atoms with E-state index in [1.54, 1.807) is 6.07 Å². The number of benzene rings is 1. The molecule has 0 aromatic heterocycles. The summed E-state index contributed by atoms with van der Waals surface area (Å²) in [7, 11) is -2.03. The molecule has 0 aliphatic carbocycles. The van der Waals surface area contributed by atoms with Crippen molar-refractivity contribution in [3.63, 3.8) is 0 Å². The Bertz CT molecular complexity index is 485. The number of sulfonamides is 1. The minimum Gasteiger partial charge on any atom is -0.496 e. The molecule has 0 aliphatic heterocycles. The lowest BCUT2D eigenvalue weighted by atomic mass is 10.2. The first-order chi connectivity index (χ1) is 8.55. The molecule has 0 saturated heterocycles. The van der Waals surface area contributed by atoms with E-state index in [1.165, 1.54) is 19.2 Å². The van der Waals surface area contributed by atoms with Gasteiger partial charge in [0.25, 0.3) is 0 Å². The van der Waals surface area contributed by atoms with Crippen molar-refractivity contribution < 1.29 is 18.3 Å². The minimum atomic E-state index is -3.51. The van der Waals surface area contributed by atoms with Crippen molar-refractivity contribution in [2.45, 2.75) is 31.3 Å². The summed E-state index contributed by atoms with van der Waals surface area (Å²) in [6.07, 6.45) is 1.72. The maximum atomic E-state index is 11.9. The number of nitrogens with one attached hydrogen (secondary N) is 1. The van der Waals surface area contributed by atoms with E-state index in [4.69, 9.17) is 9.84 Å². The average molecular weight is 273 g/mol. The Morgan fingerprint density at radius 1 is 1.39 bits per heavy atom. The molecule has 6 heteroatoms. The molecule has 0 heterocycles. The molecule has 102 valence electrons. The molecule has 0 aliphatic rings. The second kappa shape index (κ2) is 6.72. The van der Waals surface area contributed by atoms with E-state index in [-0.39, 0.29) is 11.5 Å². The van der Waals surface area contributed by atoms with E-state index in [0.29, 0.717) is 17.9 Å². The maximum absolute atomic E-state index is 11.9. The van der Waals surface area contributed by atoms with Gasteiger partial charge in [-0.25, -0.2) is 13.1 Å². The fourth-order valence-electron chi connectivity index (χ4n) is 1.51. The van der Waals surface area contributed by atoms with Crippen LogP contribution in [0.1, 0.15) is 25.3 Å². The van der Waals surface area contributed by atoms with Gasteiger partial charge in [0.05, 0.1) is 18.6 Å². The lowest BCUT2D eigenvalue weighted by Crippen LogP contribution is -2.24. The van der Waals surface area contributed by atoms with Gasteiger partial charge in [-0.15, -0.1) is 0 Å². The van der Waals surface area contributed by atoms with E-state index in [1.807, 2.05) is 6.92 Å². The number of aliphatic hydroxyl groups is 1. The van der Waals surface area contributed by atoms with Gasteiger partial charge in [-0.3, -0.25) is 0 Å². The van der Waals surface area contributed by atoms with Gasteiger partial charge in [0.1, 0.15) is 5.75 Å². The number of ether oxygens (including phenoxy) is 1. The Hall–Kier alpha value is -1.11. The highest BCUT2D eigenvalue weighted by Crippen LogP contribution is 2.22. The van der Waals surface area contributed by atoms with Gasteiger partial charge < -0.3 is 9.84 Å². The van der Waals surface area contributed by atoms with Crippen molar-refractivity contribution in [3.05, 3.63) is 23.8 Å². The van der Waals surface area contributed by atoms with E-state index in [0.717, 1.165) is 12.8 Å². The topological polar surface area (TPSA) is 75.6 Å². The first kappa shape index (κ1) is 14.9. The molecule has 1 aromatic carbocycles. The van der Waals surface area contributed by atoms with Gasteiger partial charge >= 0.3 is 0 Å². The SMILES string of the molecule is CCCCNS(=O)(=O)c1ccc(OC)c(CO)c1. The Morgan fingerprint density at radius 2 is 2.11 bits per heavy atom. The minimum absolute atomic E-state index is 0.142. The van der Waals surface area contributed by atoms with Crippen LogP contribution in [-0.2, 0) is 16.6 Å². The predicted octanol–water partition coefficient (Wildman–Crippen LogP) is 1.27. The van der Waals surface area contributed by atoms with Crippen LogP contribution in [0.25, 0.3) is 0 Å². The summed E-state index contributed by atoms with van der Waals surface area (Å²) in [5.41, 5.74) is 0.455. The molecule has 0 unspecified atom stereocenters. The lowest BCUT2D eigenvalue weighted by Gasteiger charge is -2.10. The molecule has 18 heavy (non-hydrogen) atoms. The summed E-state index contributed by atoms with van der Waals surface area (Å²) in [5.74, 6) is 0.477. The van der Waals surface area contributed by atoms with Gasteiger partial charge in [0.15, 0.2) is 0 Å². The fraction of sp³-hybridized carbons (Fsp3) is 0.500. The van der Waals surface area contributed by atoms with Crippen molar-refractivity contribution in [1.82, 2.24) is 4.72 Å². The molecular weight excluding hydrogens is 254 g/mol. The third kappa shape index (κ3) is 3.69. The summed E-state index contributed by atoms with van der Waals surface area (Å²) in [6.45, 7) is 2.15. The zero-order valence-corrected chi connectivity index (χ0v) is 11.5. The fourth-order valence-corrected chi connectivity index (χ4v) is 2.64. The molecule has 0 radical (unpaired) electrons. The highest BCUT2D eigenvalue weighted by molar-refractivity contribution is 7.89. The molecule has 5 nitrogen and oxygen atoms in total. The van der Waals surface area contributed by atoms with Crippen LogP contribution in [0, 0.1) is 0 Å². The van der Waals surface area contributed by atoms with Crippen LogP contribution < -0.4 is 9.46 Å². The van der Waals surface area contributed by atoms with E-state index < -0.39 is 10.0 Å². The number of hydrogen-bond acceptors (Lipinski definition) is 4. The molecule has 0 atom stereocenters. The summed E-state index contributed by atoms with van der Waals surface area (Å²) in [6, 6.07) is 4.43. The van der Waals surface area contributed by atoms with Gasteiger partial charge in [-0.05, 0) is 24.6 Å². The van der Waals surface area contributed by atoms with Crippen molar-refractivity contribution in [2.24, 2.45) is 0 Å². The lowest BCUT2D eigenvalue weighted by molar-refractivity contribution is 0.273. The quantitative estimate of drug-likeness (QED) is 0.733. The third-order valence-corrected chi connectivity index (χ3v) is 4.01. The van der Waals surface area contributed by atoms with Crippen LogP contribution in [-0.4, -0.2) is 27.2 Å². The molecule has 2 N–H and O–H groups in total. The van der Waals surface area contributed by atoms with Crippen molar-refractivity contribution >= 4 is 10.0 Å². The van der Waals surface area contributed by atoms with Crippen LogP contribution in [0.15, 0.2) is 23.1 Å². The largest absolute Gasteiger partial charge is 0.496 e. The first-order valence-electron chi connectivity index (χ1n) is 5.82. The van der Waals surface area contributed by atoms with Crippen LogP contribution >= 0.6 is 0 Å². The predicted molar refractivity (Wildman–Crippen MR) is 69.0 cm³/mol. The van der Waals surface area contributed by atoms with Crippen LogP contribution in [0.4, 0.5) is 0 Å². The zero-order chi connectivity index (χ0) is 13.6. The highest BCUT2D eigenvalue weighted by Gasteiger charge is 2.15. The smallest absolute Gasteiger partial charge is 0.240 e. The van der Waals surface area contributed by atoms with E-state index in [2.05, 4.69) is 4.72 Å². The second-order valence-corrected chi connectivity index (χ2v) is 5.65. The zero-order valence-electron chi connectivity index (χ0n) is 10.6. The number of unbranched alkanes of at least 4 members (excludes halogenated alkanes) is 1. The van der Waals surface area contributed by atoms with Crippen molar-refractivity contribution in [3.8, 4) is 5.75 Å². The molecule has 0 fully saturated rings. The molecular formula is C12H19NO4S. The molecule has 1 aromatic rings. The van der Waals surface area contributed by atoms with Crippen molar-refractivity contribution in [2.75, 3.05) is 13.7 Å². The molecule has 1 rings (SSSR count). The average Bonchev–Trinajstić information content (AvgIpc) is 2.38. The number of rotatable bonds is 7. The van der Waals surface area contributed by atoms with Crippen LogP contribution in [0.5, 0.6) is 5.75 Å². The van der Waals surface area contributed by atoms with Crippen LogP contribution in [0.3, 0.4) is 0 Å². The molecule has 0 bridgehead atoms. The third-order valence-electron chi connectivity index (χ3n) is 2.55. The normalized spacial score (nSPS) is 11.5. The monoisotopic (exact) mass is 273 g/mol. The standard InChI is InChI=1S/C12H19NO4S/c1-3-4-7-13-18(15,16)11-5-6-12(17-2)10(8-11)9-14/h5-6,8,13-14H,3-4,7,9H2,1-2H3. The highest BCUT2D eigenvalue weighted by atomic mass is 32.2. The van der Waals surface area contributed by atoms with Gasteiger partial charge in [0.2, 0.25) is 10.0 Å². The second-order valence-electron chi connectivity index (χ2n) is 3.88. The number of methoxy groups -OCH3 is 1. The van der Waals surface area contributed by atoms with Crippen LogP contribution in [0.2, 0.25) is 0 Å². The first-order valence-corrected chi connectivity index (χ1v) is 7.31. The Balaban J connectivity index is 2.95. The summed E-state index contributed by atoms with van der Waals surface area (Å²) in [4.78, 5) is 0.142. The van der Waals surface area contributed by atoms with Gasteiger partial charge in [0, 0.05) is 12.1 Å². The number of aliphatic hydroxyl groups excluding tert-OH is 1. The Labute approximate surface area is 108 Å². The summed E-state index contributed by atoms with van der Waals surface area (Å²) >= 11 is 0. The molecule has 0 amide bonds. The van der Waals surface area contributed by atoms with Crippen molar-refractivity contribution in [1.29, 1.82) is 0 Å². The summed E-state index contributed by atoms with van der Waals surface area (Å²) < 4.78 is 31.4. The molecule has 0 spiro atoms. The van der Waals surface area contributed by atoms with Gasteiger partial charge in [-0.1, -0.05) is 13.3 Å². The Morgan fingerprint density at radius 3 is 2.67 bits per heavy atom.